The second-order valence-corrected chi connectivity index (χ2v) is 4.75. The molecule has 1 saturated heterocycles. The summed E-state index contributed by atoms with van der Waals surface area (Å²) in [5.41, 5.74) is 6.53. The highest BCUT2D eigenvalue weighted by Gasteiger charge is 2.26. The van der Waals surface area contributed by atoms with Crippen molar-refractivity contribution in [2.75, 3.05) is 19.3 Å². The van der Waals surface area contributed by atoms with Crippen LogP contribution in [0.4, 0.5) is 5.69 Å². The molecular weight excluding hydrogens is 246 g/mol. The molecule has 0 bridgehead atoms. The normalized spacial score (nSPS) is 19.6. The second kappa shape index (κ2) is 5.29. The number of hydrogen-bond acceptors (Lipinski definition) is 4. The molecule has 1 aliphatic heterocycles. The van der Waals surface area contributed by atoms with E-state index < -0.39 is 0 Å². The Labute approximate surface area is 111 Å². The number of amides is 2. The number of likely N-dealkylation sites (tertiary alicyclic amines) is 1. The molecule has 104 valence electrons. The summed E-state index contributed by atoms with van der Waals surface area (Å²) in [6.07, 6.45) is 2.61. The van der Waals surface area contributed by atoms with Gasteiger partial charge < -0.3 is 16.0 Å². The Bertz CT molecular complexity index is 496. The third-order valence-corrected chi connectivity index (χ3v) is 3.34. The molecule has 1 aliphatic rings. The number of nitrogen functional groups attached to an aromatic ring is 1. The summed E-state index contributed by atoms with van der Waals surface area (Å²) >= 11 is 0. The molecule has 7 heteroatoms. The van der Waals surface area contributed by atoms with Crippen molar-refractivity contribution in [1.29, 1.82) is 0 Å². The Morgan fingerprint density at radius 2 is 2.37 bits per heavy atom. The Balaban J connectivity index is 2.05. The van der Waals surface area contributed by atoms with Crippen molar-refractivity contribution in [2.45, 2.75) is 32.4 Å². The number of rotatable bonds is 3. The molecule has 1 atom stereocenters. The molecule has 1 aromatic rings. The molecule has 0 radical (unpaired) electrons. The maximum Gasteiger partial charge on any atom is 0.271 e. The number of nitrogens with one attached hydrogen (secondary N) is 1. The molecule has 7 nitrogen and oxygen atoms in total. The zero-order valence-electron chi connectivity index (χ0n) is 11.2. The number of piperidine rings is 1. The molecule has 0 saturated carbocycles. The van der Waals surface area contributed by atoms with Crippen molar-refractivity contribution >= 4 is 17.5 Å². The minimum Gasteiger partial charge on any atom is -0.396 e. The Morgan fingerprint density at radius 1 is 1.63 bits per heavy atom. The number of aromatic nitrogens is 2. The van der Waals surface area contributed by atoms with Gasteiger partial charge in [0.15, 0.2) is 0 Å². The van der Waals surface area contributed by atoms with Crippen molar-refractivity contribution in [2.24, 2.45) is 0 Å². The summed E-state index contributed by atoms with van der Waals surface area (Å²) in [6, 6.07) is -0.0326. The molecule has 0 spiro atoms. The standard InChI is InChI=1S/C12H19N5O2/c1-3-17-11(9(13)6-14-17)12(19)15-8-4-5-10(18)16(2)7-8/h6,8H,3-5,7,13H2,1-2H3,(H,15,19). The van der Waals surface area contributed by atoms with E-state index in [1.807, 2.05) is 6.92 Å². The van der Waals surface area contributed by atoms with Crippen LogP contribution in [0.1, 0.15) is 30.3 Å². The fourth-order valence-electron chi connectivity index (χ4n) is 2.27. The van der Waals surface area contributed by atoms with Gasteiger partial charge in [-0.1, -0.05) is 0 Å². The third kappa shape index (κ3) is 2.69. The summed E-state index contributed by atoms with van der Waals surface area (Å²) in [7, 11) is 1.74. The molecule has 3 N–H and O–H groups in total. The predicted octanol–water partition coefficient (Wildman–Crippen LogP) is -0.164. The minimum absolute atomic E-state index is 0.0326. The van der Waals surface area contributed by atoms with E-state index in [2.05, 4.69) is 10.4 Å². The van der Waals surface area contributed by atoms with Crippen LogP contribution in [0.2, 0.25) is 0 Å². The van der Waals surface area contributed by atoms with Crippen LogP contribution >= 0.6 is 0 Å². The Morgan fingerprint density at radius 3 is 3.00 bits per heavy atom. The maximum absolute atomic E-state index is 12.2. The van der Waals surface area contributed by atoms with Crippen LogP contribution in [0.3, 0.4) is 0 Å². The number of aryl methyl sites for hydroxylation is 1. The van der Waals surface area contributed by atoms with Crippen LogP contribution in [0.25, 0.3) is 0 Å². The first-order valence-electron chi connectivity index (χ1n) is 6.39. The predicted molar refractivity (Wildman–Crippen MR) is 70.4 cm³/mol. The van der Waals surface area contributed by atoms with Gasteiger partial charge in [-0.2, -0.15) is 5.10 Å². The molecule has 0 aliphatic carbocycles. The van der Waals surface area contributed by atoms with Crippen LogP contribution in [0.15, 0.2) is 6.20 Å². The van der Waals surface area contributed by atoms with Crippen molar-refractivity contribution in [3.63, 3.8) is 0 Å². The quantitative estimate of drug-likeness (QED) is 0.794. The van der Waals surface area contributed by atoms with E-state index in [9.17, 15) is 9.59 Å². The van der Waals surface area contributed by atoms with Gasteiger partial charge in [-0.3, -0.25) is 14.3 Å². The molecule has 19 heavy (non-hydrogen) atoms. The zero-order valence-corrected chi connectivity index (χ0v) is 11.2. The van der Waals surface area contributed by atoms with E-state index >= 15 is 0 Å². The van der Waals surface area contributed by atoms with Crippen LogP contribution in [0, 0.1) is 0 Å². The topological polar surface area (TPSA) is 93.2 Å². The number of nitrogens with two attached hydrogens (primary N) is 1. The lowest BCUT2D eigenvalue weighted by Gasteiger charge is -2.30. The van der Waals surface area contributed by atoms with Gasteiger partial charge in [0.1, 0.15) is 5.69 Å². The van der Waals surface area contributed by atoms with Gasteiger partial charge in [-0.25, -0.2) is 0 Å². The number of carbonyl (C=O) groups excluding carboxylic acids is 2. The summed E-state index contributed by atoms with van der Waals surface area (Å²) in [6.45, 7) is 3.02. The van der Waals surface area contributed by atoms with Crippen molar-refractivity contribution < 1.29 is 9.59 Å². The smallest absolute Gasteiger partial charge is 0.271 e. The first kappa shape index (κ1) is 13.4. The summed E-state index contributed by atoms with van der Waals surface area (Å²) in [5, 5.41) is 6.96. The SMILES string of the molecule is CCn1ncc(N)c1C(=O)NC1CCC(=O)N(C)C1. The van der Waals surface area contributed by atoms with Gasteiger partial charge in [-0.15, -0.1) is 0 Å². The second-order valence-electron chi connectivity index (χ2n) is 4.75. The van der Waals surface area contributed by atoms with E-state index in [1.165, 1.54) is 6.20 Å². The van der Waals surface area contributed by atoms with Gasteiger partial charge in [0.2, 0.25) is 5.91 Å². The molecule has 2 rings (SSSR count). The van der Waals surface area contributed by atoms with Gasteiger partial charge in [0.25, 0.3) is 5.91 Å². The summed E-state index contributed by atoms with van der Waals surface area (Å²) < 4.78 is 1.57. The fourth-order valence-corrected chi connectivity index (χ4v) is 2.27. The molecule has 1 aromatic heterocycles. The number of nitrogens with zero attached hydrogens (tertiary/aromatic N) is 3. The highest BCUT2D eigenvalue weighted by molar-refractivity contribution is 5.97. The van der Waals surface area contributed by atoms with Crippen molar-refractivity contribution in [1.82, 2.24) is 20.0 Å². The molecule has 1 fully saturated rings. The van der Waals surface area contributed by atoms with Gasteiger partial charge in [0.05, 0.1) is 11.9 Å². The molecule has 2 amide bonds. The highest BCUT2D eigenvalue weighted by Crippen LogP contribution is 2.14. The lowest BCUT2D eigenvalue weighted by Crippen LogP contribution is -2.48. The molecule has 0 aromatic carbocycles. The first-order valence-corrected chi connectivity index (χ1v) is 6.39. The van der Waals surface area contributed by atoms with Crippen LogP contribution in [0.5, 0.6) is 0 Å². The average molecular weight is 265 g/mol. The minimum atomic E-state index is -0.232. The highest BCUT2D eigenvalue weighted by atomic mass is 16.2. The number of anilines is 1. The van der Waals surface area contributed by atoms with E-state index in [1.54, 1.807) is 16.6 Å². The Kier molecular flexibility index (Phi) is 3.73. The van der Waals surface area contributed by atoms with Crippen LogP contribution < -0.4 is 11.1 Å². The fraction of sp³-hybridized carbons (Fsp3) is 0.583. The Hall–Kier alpha value is -2.05. The van der Waals surface area contributed by atoms with E-state index in [0.717, 1.165) is 0 Å². The van der Waals surface area contributed by atoms with E-state index in [0.29, 0.717) is 37.3 Å². The number of likely N-dealkylation sites (N-methyl/N-ethyl adjacent to an activating group) is 1. The first-order chi connectivity index (χ1) is 9.02. The number of carbonyl (C=O) groups is 2. The summed E-state index contributed by atoms with van der Waals surface area (Å²) in [5.74, 6) is -0.117. The lowest BCUT2D eigenvalue weighted by molar-refractivity contribution is -0.132. The van der Waals surface area contributed by atoms with Crippen molar-refractivity contribution in [3.8, 4) is 0 Å². The summed E-state index contributed by atoms with van der Waals surface area (Å²) in [4.78, 5) is 25.2. The molecular formula is C12H19N5O2. The molecule has 1 unspecified atom stereocenters. The van der Waals surface area contributed by atoms with Gasteiger partial charge in [-0.05, 0) is 13.3 Å². The monoisotopic (exact) mass is 265 g/mol. The van der Waals surface area contributed by atoms with Gasteiger partial charge in [0, 0.05) is 32.6 Å². The van der Waals surface area contributed by atoms with E-state index in [-0.39, 0.29) is 17.9 Å². The number of hydrogen-bond donors (Lipinski definition) is 2. The molecule has 2 heterocycles. The third-order valence-electron chi connectivity index (χ3n) is 3.34. The van der Waals surface area contributed by atoms with Gasteiger partial charge >= 0.3 is 0 Å². The maximum atomic E-state index is 12.2. The average Bonchev–Trinajstić information content (AvgIpc) is 2.75. The zero-order chi connectivity index (χ0) is 14.0. The van der Waals surface area contributed by atoms with E-state index in [4.69, 9.17) is 5.73 Å². The van der Waals surface area contributed by atoms with Crippen molar-refractivity contribution in [3.05, 3.63) is 11.9 Å². The largest absolute Gasteiger partial charge is 0.396 e. The van der Waals surface area contributed by atoms with Crippen LogP contribution in [-0.4, -0.2) is 46.1 Å². The lowest BCUT2D eigenvalue weighted by atomic mass is 10.1. The van der Waals surface area contributed by atoms with Crippen LogP contribution in [-0.2, 0) is 11.3 Å².